The minimum atomic E-state index is 0.306. The summed E-state index contributed by atoms with van der Waals surface area (Å²) in [5, 5.41) is 3.74. The molecule has 104 valence electrons. The van der Waals surface area contributed by atoms with Gasteiger partial charge >= 0.3 is 0 Å². The van der Waals surface area contributed by atoms with Gasteiger partial charge in [-0.1, -0.05) is 32.0 Å². The van der Waals surface area contributed by atoms with E-state index in [0.717, 1.165) is 18.7 Å². The van der Waals surface area contributed by atoms with Crippen LogP contribution < -0.4 is 10.1 Å². The first-order chi connectivity index (χ1) is 9.15. The number of hydrogen-bond acceptors (Lipinski definition) is 3. The number of benzene rings is 1. The highest BCUT2D eigenvalue weighted by atomic mass is 32.2. The predicted octanol–water partition coefficient (Wildman–Crippen LogP) is 3.11. The van der Waals surface area contributed by atoms with Crippen LogP contribution in [0.15, 0.2) is 24.3 Å². The van der Waals surface area contributed by atoms with Crippen molar-refractivity contribution in [3.8, 4) is 5.75 Å². The topological polar surface area (TPSA) is 21.3 Å². The monoisotopic (exact) mass is 277 g/mol. The molecule has 0 spiro atoms. The molecule has 3 heteroatoms. The van der Waals surface area contributed by atoms with Crippen LogP contribution in [0.3, 0.4) is 0 Å². The fourth-order valence-corrected chi connectivity index (χ4v) is 4.55. The van der Waals surface area contributed by atoms with Crippen LogP contribution in [0.5, 0.6) is 5.75 Å². The molecular formula is C16H23NOS. The third-order valence-corrected chi connectivity index (χ3v) is 5.49. The first kappa shape index (κ1) is 13.3. The standard InChI is InChI=1S/C16H23NOS/c1-16(2)7-8-19-11-15(16)17-10-13-9-12-5-3-4-6-14(12)18-13/h3-6,13,15,17H,7-11H2,1-2H3. The van der Waals surface area contributed by atoms with E-state index in [1.54, 1.807) is 0 Å². The molecule has 0 amide bonds. The van der Waals surface area contributed by atoms with Crippen LogP contribution in [-0.2, 0) is 6.42 Å². The molecule has 1 N–H and O–H groups in total. The second-order valence-corrected chi connectivity index (χ2v) is 7.48. The molecule has 0 radical (unpaired) electrons. The van der Waals surface area contributed by atoms with Crippen LogP contribution >= 0.6 is 11.8 Å². The van der Waals surface area contributed by atoms with E-state index in [1.807, 2.05) is 0 Å². The quantitative estimate of drug-likeness (QED) is 0.917. The SMILES string of the molecule is CC1(C)CCSCC1NCC1Cc2ccccc2O1. The molecule has 2 atom stereocenters. The van der Waals surface area contributed by atoms with E-state index in [2.05, 4.69) is 55.2 Å². The minimum Gasteiger partial charge on any atom is -0.488 e. The fourth-order valence-electron chi connectivity index (χ4n) is 2.91. The van der Waals surface area contributed by atoms with Crippen LogP contribution in [0.4, 0.5) is 0 Å². The summed E-state index contributed by atoms with van der Waals surface area (Å²) in [4.78, 5) is 0. The van der Waals surface area contributed by atoms with Gasteiger partial charge in [0, 0.05) is 24.8 Å². The number of fused-ring (bicyclic) bond motifs is 1. The Morgan fingerprint density at radius 3 is 3.00 bits per heavy atom. The lowest BCUT2D eigenvalue weighted by Gasteiger charge is -2.39. The van der Waals surface area contributed by atoms with Crippen LogP contribution in [0.2, 0.25) is 0 Å². The zero-order valence-corrected chi connectivity index (χ0v) is 12.6. The van der Waals surface area contributed by atoms with E-state index in [0.29, 0.717) is 17.6 Å². The Balaban J connectivity index is 1.54. The minimum absolute atomic E-state index is 0.306. The van der Waals surface area contributed by atoms with Crippen molar-refractivity contribution in [3.05, 3.63) is 29.8 Å². The molecular weight excluding hydrogens is 254 g/mol. The first-order valence-corrected chi connectivity index (χ1v) is 8.36. The van der Waals surface area contributed by atoms with Gasteiger partial charge < -0.3 is 10.1 Å². The molecule has 2 unspecified atom stereocenters. The molecule has 0 bridgehead atoms. The zero-order chi connectivity index (χ0) is 13.3. The van der Waals surface area contributed by atoms with Gasteiger partial charge in [0.05, 0.1) is 0 Å². The van der Waals surface area contributed by atoms with Crippen LogP contribution in [0, 0.1) is 5.41 Å². The molecule has 1 fully saturated rings. The van der Waals surface area contributed by atoms with E-state index in [4.69, 9.17) is 4.74 Å². The average Bonchev–Trinajstić information content (AvgIpc) is 2.79. The molecule has 2 nitrogen and oxygen atoms in total. The second kappa shape index (κ2) is 5.37. The first-order valence-electron chi connectivity index (χ1n) is 7.21. The number of ether oxygens (including phenoxy) is 1. The lowest BCUT2D eigenvalue weighted by atomic mass is 9.82. The molecule has 0 saturated carbocycles. The maximum absolute atomic E-state index is 6.00. The Kier molecular flexibility index (Phi) is 3.77. The van der Waals surface area contributed by atoms with Gasteiger partial charge in [-0.2, -0.15) is 11.8 Å². The fraction of sp³-hybridized carbons (Fsp3) is 0.625. The largest absolute Gasteiger partial charge is 0.488 e. The molecule has 2 heterocycles. The number of thioether (sulfide) groups is 1. The molecule has 0 aliphatic carbocycles. The van der Waals surface area contributed by atoms with Crippen LogP contribution in [-0.4, -0.2) is 30.2 Å². The third kappa shape index (κ3) is 2.92. The Morgan fingerprint density at radius 1 is 1.37 bits per heavy atom. The zero-order valence-electron chi connectivity index (χ0n) is 11.8. The van der Waals surface area contributed by atoms with Crippen LogP contribution in [0.25, 0.3) is 0 Å². The van der Waals surface area contributed by atoms with Crippen molar-refractivity contribution in [2.24, 2.45) is 5.41 Å². The summed E-state index contributed by atoms with van der Waals surface area (Å²) < 4.78 is 6.00. The smallest absolute Gasteiger partial charge is 0.123 e. The van der Waals surface area contributed by atoms with Gasteiger partial charge in [0.15, 0.2) is 0 Å². The Bertz CT molecular complexity index is 421. The normalized spacial score (nSPS) is 28.7. The lowest BCUT2D eigenvalue weighted by molar-refractivity contribution is 0.189. The molecule has 2 aliphatic heterocycles. The van der Waals surface area contributed by atoms with E-state index < -0.39 is 0 Å². The van der Waals surface area contributed by atoms with Crippen molar-refractivity contribution in [2.45, 2.75) is 38.8 Å². The van der Waals surface area contributed by atoms with Gasteiger partial charge in [0.1, 0.15) is 11.9 Å². The van der Waals surface area contributed by atoms with E-state index >= 15 is 0 Å². The van der Waals surface area contributed by atoms with E-state index in [1.165, 1.54) is 23.5 Å². The summed E-state index contributed by atoms with van der Waals surface area (Å²) in [6.45, 7) is 5.73. The van der Waals surface area contributed by atoms with Crippen LogP contribution in [0.1, 0.15) is 25.8 Å². The van der Waals surface area contributed by atoms with Crippen molar-refractivity contribution in [2.75, 3.05) is 18.1 Å². The number of nitrogens with one attached hydrogen (secondary N) is 1. The van der Waals surface area contributed by atoms with Gasteiger partial charge in [-0.25, -0.2) is 0 Å². The van der Waals surface area contributed by atoms with Gasteiger partial charge in [-0.15, -0.1) is 0 Å². The van der Waals surface area contributed by atoms with Crippen molar-refractivity contribution >= 4 is 11.8 Å². The summed E-state index contributed by atoms with van der Waals surface area (Å²) in [7, 11) is 0. The lowest BCUT2D eigenvalue weighted by Crippen LogP contribution is -2.49. The highest BCUT2D eigenvalue weighted by Crippen LogP contribution is 2.34. The molecule has 0 aromatic heterocycles. The molecule has 1 aromatic carbocycles. The van der Waals surface area contributed by atoms with Gasteiger partial charge in [0.25, 0.3) is 0 Å². The van der Waals surface area contributed by atoms with E-state index in [9.17, 15) is 0 Å². The number of para-hydroxylation sites is 1. The van der Waals surface area contributed by atoms with Gasteiger partial charge in [-0.3, -0.25) is 0 Å². The average molecular weight is 277 g/mol. The summed E-state index contributed by atoms with van der Waals surface area (Å²) in [5.41, 5.74) is 1.77. The van der Waals surface area contributed by atoms with Crippen molar-refractivity contribution in [3.63, 3.8) is 0 Å². The second-order valence-electron chi connectivity index (χ2n) is 6.33. The molecule has 1 aromatic rings. The highest BCUT2D eigenvalue weighted by Gasteiger charge is 2.33. The molecule has 19 heavy (non-hydrogen) atoms. The number of rotatable bonds is 3. The Morgan fingerprint density at radius 2 is 2.21 bits per heavy atom. The highest BCUT2D eigenvalue weighted by molar-refractivity contribution is 7.99. The van der Waals surface area contributed by atoms with Gasteiger partial charge in [-0.05, 0) is 29.2 Å². The maximum Gasteiger partial charge on any atom is 0.123 e. The molecule has 1 saturated heterocycles. The summed E-state index contributed by atoms with van der Waals surface area (Å²) in [6, 6.07) is 9.01. The number of hydrogen-bond donors (Lipinski definition) is 1. The maximum atomic E-state index is 6.00. The van der Waals surface area contributed by atoms with Crippen molar-refractivity contribution in [1.82, 2.24) is 5.32 Å². The molecule has 3 rings (SSSR count). The molecule has 2 aliphatic rings. The summed E-state index contributed by atoms with van der Waals surface area (Å²) in [5.74, 6) is 3.61. The Hall–Kier alpha value is -0.670. The predicted molar refractivity (Wildman–Crippen MR) is 82.1 cm³/mol. The summed E-state index contributed by atoms with van der Waals surface area (Å²) >= 11 is 2.07. The third-order valence-electron chi connectivity index (χ3n) is 4.42. The van der Waals surface area contributed by atoms with Crippen molar-refractivity contribution in [1.29, 1.82) is 0 Å². The summed E-state index contributed by atoms with van der Waals surface area (Å²) in [6.07, 6.45) is 2.66. The Labute approximate surface area is 120 Å². The van der Waals surface area contributed by atoms with Gasteiger partial charge in [0.2, 0.25) is 0 Å². The van der Waals surface area contributed by atoms with Crippen molar-refractivity contribution < 1.29 is 4.74 Å². The van der Waals surface area contributed by atoms with E-state index in [-0.39, 0.29) is 0 Å².